The van der Waals surface area contributed by atoms with Crippen LogP contribution in [0.2, 0.25) is 39.3 Å². The molecule has 7 aromatic rings. The van der Waals surface area contributed by atoms with Crippen molar-refractivity contribution in [3.8, 4) is 11.1 Å². The molecule has 0 saturated heterocycles. The molecule has 2 nitrogen and oxygen atoms in total. The summed E-state index contributed by atoms with van der Waals surface area (Å²) in [5, 5.41) is 2.59. The molecule has 0 aliphatic heterocycles. The summed E-state index contributed by atoms with van der Waals surface area (Å²) in [4.78, 5) is 4.97. The maximum atomic E-state index is 2.63. The van der Waals surface area contributed by atoms with E-state index in [1.807, 2.05) is 0 Å². The van der Waals surface area contributed by atoms with Crippen LogP contribution in [-0.4, -0.2) is 16.1 Å². The molecule has 1 aliphatic carbocycles. The molecule has 7 aromatic carbocycles. The van der Waals surface area contributed by atoms with Crippen LogP contribution in [0.1, 0.15) is 44.5 Å². The van der Waals surface area contributed by atoms with Gasteiger partial charge >= 0.3 is 0 Å². The van der Waals surface area contributed by atoms with Crippen molar-refractivity contribution in [3.05, 3.63) is 178 Å². The van der Waals surface area contributed by atoms with Gasteiger partial charge in [-0.2, -0.15) is 0 Å². The zero-order valence-electron chi connectivity index (χ0n) is 36.1. The summed E-state index contributed by atoms with van der Waals surface area (Å²) in [5.74, 6) is 0. The number of hydrogen-bond acceptors (Lipinski definition) is 2. The molecule has 4 heteroatoms. The van der Waals surface area contributed by atoms with Crippen molar-refractivity contribution in [2.45, 2.75) is 85.5 Å². The summed E-state index contributed by atoms with van der Waals surface area (Å²) in [5.41, 5.74) is 20.8. The number of aryl methyl sites for hydroxylation is 6. The van der Waals surface area contributed by atoms with Gasteiger partial charge in [-0.1, -0.05) is 106 Å². The second-order valence-corrected chi connectivity index (χ2v) is 29.8. The molecule has 0 spiro atoms. The Balaban J connectivity index is 1.38. The van der Waals surface area contributed by atoms with E-state index in [-0.39, 0.29) is 4.66 Å². The van der Waals surface area contributed by atoms with Crippen molar-refractivity contribution >= 4 is 61.0 Å². The van der Waals surface area contributed by atoms with Crippen LogP contribution in [0, 0.1) is 41.5 Å². The van der Waals surface area contributed by atoms with Gasteiger partial charge in [0.05, 0.1) is 16.1 Å². The van der Waals surface area contributed by atoms with Gasteiger partial charge in [0.15, 0.2) is 0 Å². The molecular formula is C53H58N2Si2. The lowest BCUT2D eigenvalue weighted by Gasteiger charge is -2.51. The van der Waals surface area contributed by atoms with E-state index in [1.165, 1.54) is 95.0 Å². The molecule has 0 heterocycles. The van der Waals surface area contributed by atoms with Gasteiger partial charge in [0.1, 0.15) is 0 Å². The number of benzene rings is 7. The summed E-state index contributed by atoms with van der Waals surface area (Å²) < 4.78 is -0.0197. The Kier molecular flexibility index (Phi) is 9.53. The van der Waals surface area contributed by atoms with Crippen molar-refractivity contribution < 1.29 is 0 Å². The second kappa shape index (κ2) is 14.0. The number of hydrogen-bond donors (Lipinski definition) is 0. The number of nitrogens with zero attached hydrogens (tertiary/aromatic N) is 2. The van der Waals surface area contributed by atoms with Crippen LogP contribution < -0.4 is 9.80 Å². The summed E-state index contributed by atoms with van der Waals surface area (Å²) >= 11 is 0. The lowest BCUT2D eigenvalue weighted by Crippen LogP contribution is -2.63. The monoisotopic (exact) mass is 778 g/mol. The molecule has 57 heavy (non-hydrogen) atoms. The third-order valence-corrected chi connectivity index (χ3v) is 22.5. The lowest BCUT2D eigenvalue weighted by molar-refractivity contribution is 0.953. The molecule has 288 valence electrons. The Labute approximate surface area is 343 Å². The molecule has 0 radical (unpaired) electrons. The summed E-state index contributed by atoms with van der Waals surface area (Å²) in [6, 6.07) is 51.2. The first-order chi connectivity index (χ1) is 27.0. The minimum absolute atomic E-state index is 0.0197. The molecule has 0 bridgehead atoms. The van der Waals surface area contributed by atoms with Crippen molar-refractivity contribution in [2.24, 2.45) is 0 Å². The quantitative estimate of drug-likeness (QED) is 0.142. The fourth-order valence-corrected chi connectivity index (χ4v) is 23.8. The van der Waals surface area contributed by atoms with Gasteiger partial charge < -0.3 is 9.80 Å². The van der Waals surface area contributed by atoms with E-state index in [0.29, 0.717) is 0 Å². The first-order valence-electron chi connectivity index (χ1n) is 20.6. The Morgan fingerprint density at radius 1 is 0.368 bits per heavy atom. The Morgan fingerprint density at radius 3 is 1.28 bits per heavy atom. The zero-order valence-corrected chi connectivity index (χ0v) is 38.1. The molecular weight excluding hydrogens is 721 g/mol. The van der Waals surface area contributed by atoms with E-state index in [1.54, 1.807) is 5.56 Å². The van der Waals surface area contributed by atoms with Crippen LogP contribution in [0.15, 0.2) is 133 Å². The van der Waals surface area contributed by atoms with Gasteiger partial charge in [0.25, 0.3) is 0 Å². The standard InChI is InChI=1S/C53H58N2Si2/c1-35-25-36(2)28-45(27-35)54(51-19-15-13-17-39(51)5)43-22-21-41-32-48-47-24-23-44(55(52-20-16-14-18-40(52)6)46-29-37(3)26-38(4)30-46)34-50(47)53(56(7,8)9,57(10,11)12)49(48)33-42(41)31-43/h13-34H,1-12H3. The van der Waals surface area contributed by atoms with E-state index < -0.39 is 16.1 Å². The average molecular weight is 779 g/mol. The number of anilines is 6. The van der Waals surface area contributed by atoms with Crippen molar-refractivity contribution in [1.29, 1.82) is 0 Å². The van der Waals surface area contributed by atoms with Crippen LogP contribution in [0.25, 0.3) is 21.9 Å². The topological polar surface area (TPSA) is 6.48 Å². The molecule has 0 unspecified atom stereocenters. The van der Waals surface area contributed by atoms with Crippen LogP contribution in [0.5, 0.6) is 0 Å². The fraction of sp³-hybridized carbons (Fsp3) is 0.245. The maximum Gasteiger partial charge on any atom is 0.0579 e. The van der Waals surface area contributed by atoms with Crippen LogP contribution in [-0.2, 0) is 4.66 Å². The van der Waals surface area contributed by atoms with E-state index in [0.717, 1.165) is 0 Å². The van der Waals surface area contributed by atoms with Gasteiger partial charge in [0.2, 0.25) is 0 Å². The number of rotatable bonds is 8. The molecule has 8 rings (SSSR count). The van der Waals surface area contributed by atoms with E-state index in [2.05, 4.69) is 224 Å². The zero-order chi connectivity index (χ0) is 40.6. The normalized spacial score (nSPS) is 13.4. The predicted octanol–water partition coefficient (Wildman–Crippen LogP) is 15.7. The first kappa shape index (κ1) is 38.7. The Hall–Kier alpha value is -5.17. The fourth-order valence-electron chi connectivity index (χ4n) is 10.7. The van der Waals surface area contributed by atoms with E-state index in [4.69, 9.17) is 0 Å². The second-order valence-electron chi connectivity index (χ2n) is 18.8. The van der Waals surface area contributed by atoms with Gasteiger partial charge in [-0.3, -0.25) is 0 Å². The largest absolute Gasteiger partial charge is 0.310 e. The minimum atomic E-state index is -1.97. The van der Waals surface area contributed by atoms with E-state index >= 15 is 0 Å². The highest BCUT2D eigenvalue weighted by Crippen LogP contribution is 2.59. The third-order valence-electron chi connectivity index (χ3n) is 12.5. The smallest absolute Gasteiger partial charge is 0.0579 e. The highest BCUT2D eigenvalue weighted by Gasteiger charge is 2.59. The SMILES string of the molecule is Cc1cc(C)cc(N(c2ccc3c(c2)C([Si](C)(C)C)([Si](C)(C)C)c2cc4cc(N(c5cc(C)cc(C)c5)c5ccccc5C)ccc4cc2-3)c2ccccc2C)c1. The molecule has 0 aromatic heterocycles. The van der Waals surface area contributed by atoms with E-state index in [9.17, 15) is 0 Å². The van der Waals surface area contributed by atoms with Gasteiger partial charge in [-0.25, -0.2) is 0 Å². The van der Waals surface area contributed by atoms with Crippen molar-refractivity contribution in [3.63, 3.8) is 0 Å². The number of para-hydroxylation sites is 2. The maximum absolute atomic E-state index is 2.63. The van der Waals surface area contributed by atoms with Crippen LogP contribution in [0.3, 0.4) is 0 Å². The summed E-state index contributed by atoms with van der Waals surface area (Å²) in [6.45, 7) is 29.0. The molecule has 0 amide bonds. The average Bonchev–Trinajstić information content (AvgIpc) is 3.42. The van der Waals surface area contributed by atoms with Gasteiger partial charge in [0, 0.05) is 38.8 Å². The Morgan fingerprint density at radius 2 is 0.807 bits per heavy atom. The third kappa shape index (κ3) is 6.47. The molecule has 0 atom stereocenters. The molecule has 0 N–H and O–H groups in total. The van der Waals surface area contributed by atoms with Crippen molar-refractivity contribution in [2.75, 3.05) is 9.80 Å². The predicted molar refractivity (Wildman–Crippen MR) is 255 cm³/mol. The minimum Gasteiger partial charge on any atom is -0.310 e. The van der Waals surface area contributed by atoms with Crippen molar-refractivity contribution in [1.82, 2.24) is 0 Å². The van der Waals surface area contributed by atoms with Gasteiger partial charge in [-0.15, -0.1) is 0 Å². The van der Waals surface area contributed by atoms with Gasteiger partial charge in [-0.05, 0) is 175 Å². The highest BCUT2D eigenvalue weighted by atomic mass is 28.4. The Bertz CT molecular complexity index is 2640. The summed E-state index contributed by atoms with van der Waals surface area (Å²) in [6.07, 6.45) is 0. The number of fused-ring (bicyclic) bond motifs is 4. The first-order valence-corrected chi connectivity index (χ1v) is 27.6. The lowest BCUT2D eigenvalue weighted by atomic mass is 9.99. The molecule has 1 aliphatic rings. The molecule has 0 saturated carbocycles. The van der Waals surface area contributed by atoms with Crippen LogP contribution in [0.4, 0.5) is 34.1 Å². The molecule has 0 fully saturated rings. The highest BCUT2D eigenvalue weighted by molar-refractivity contribution is 6.99. The summed E-state index contributed by atoms with van der Waals surface area (Å²) in [7, 11) is -3.95. The van der Waals surface area contributed by atoms with Crippen LogP contribution >= 0.6 is 0 Å².